The summed E-state index contributed by atoms with van der Waals surface area (Å²) >= 11 is 0. The number of nitrogens with zero attached hydrogens (tertiary/aromatic N) is 3. The van der Waals surface area contributed by atoms with E-state index in [1.54, 1.807) is 0 Å². The van der Waals surface area contributed by atoms with E-state index in [-0.39, 0.29) is 11.5 Å². The second-order valence-corrected chi connectivity index (χ2v) is 7.59. The smallest absolute Gasteiger partial charge is 0.227 e. The predicted octanol–water partition coefficient (Wildman–Crippen LogP) is 3.20. The number of piperidine rings is 1. The van der Waals surface area contributed by atoms with E-state index in [2.05, 4.69) is 5.10 Å². The Morgan fingerprint density at radius 3 is 2.54 bits per heavy atom. The molecule has 5 nitrogen and oxygen atoms in total. The molecular weight excluding hydrogens is 326 g/mol. The molecule has 0 atom stereocenters. The fourth-order valence-electron chi connectivity index (χ4n) is 4.33. The minimum absolute atomic E-state index is 0.0564. The molecule has 2 aliphatic rings. The minimum atomic E-state index is 0.0564. The third-order valence-corrected chi connectivity index (χ3v) is 5.98. The second kappa shape index (κ2) is 6.88. The average Bonchev–Trinajstić information content (AvgIpc) is 3.23. The Bertz CT molecular complexity index is 781. The molecule has 0 radical (unpaired) electrons. The number of amides is 1. The summed E-state index contributed by atoms with van der Waals surface area (Å²) in [4.78, 5) is 14.9. The summed E-state index contributed by atoms with van der Waals surface area (Å²) in [6.07, 6.45) is 4.68. The molecule has 0 saturated carbocycles. The Morgan fingerprint density at radius 1 is 1.15 bits per heavy atom. The number of rotatable bonds is 3. The lowest BCUT2D eigenvalue weighted by atomic mass is 9.88. The molecule has 0 unspecified atom stereocenters. The zero-order valence-corrected chi connectivity index (χ0v) is 15.7. The summed E-state index contributed by atoms with van der Waals surface area (Å²) in [5.74, 6) is 0.205. The third kappa shape index (κ3) is 3.16. The van der Waals surface area contributed by atoms with Crippen LogP contribution in [0.2, 0.25) is 0 Å². The van der Waals surface area contributed by atoms with Crippen LogP contribution in [-0.2, 0) is 16.0 Å². The number of hydrogen-bond donors (Lipinski definition) is 0. The number of ether oxygens (including phenoxy) is 1. The van der Waals surface area contributed by atoms with Gasteiger partial charge in [0, 0.05) is 31.0 Å². The summed E-state index contributed by atoms with van der Waals surface area (Å²) in [5, 5.41) is 4.66. The molecule has 1 spiro atoms. The van der Waals surface area contributed by atoms with Gasteiger partial charge in [-0.1, -0.05) is 18.2 Å². The van der Waals surface area contributed by atoms with Crippen LogP contribution in [-0.4, -0.2) is 45.9 Å². The standard InChI is InChI=1S/C21H27N3O2/c1-16-19(17(2)24(22-16)18-7-4-3-5-8-18)15-20(25)23-12-10-21(11-13-23)9-6-14-26-21/h3-5,7-8H,6,9-15H2,1-2H3. The highest BCUT2D eigenvalue weighted by Gasteiger charge is 2.39. The predicted molar refractivity (Wildman–Crippen MR) is 100 cm³/mol. The largest absolute Gasteiger partial charge is 0.375 e. The Hall–Kier alpha value is -2.14. The molecule has 1 aromatic heterocycles. The molecule has 2 saturated heterocycles. The van der Waals surface area contributed by atoms with Crippen LogP contribution < -0.4 is 0 Å². The van der Waals surface area contributed by atoms with Gasteiger partial charge in [0.1, 0.15) is 0 Å². The van der Waals surface area contributed by atoms with E-state index in [1.807, 2.05) is 53.8 Å². The average molecular weight is 353 g/mol. The number of aromatic nitrogens is 2. The van der Waals surface area contributed by atoms with Crippen molar-refractivity contribution >= 4 is 5.91 Å². The lowest BCUT2D eigenvalue weighted by Crippen LogP contribution is -2.46. The molecule has 2 fully saturated rings. The molecule has 138 valence electrons. The van der Waals surface area contributed by atoms with Crippen LogP contribution in [0.25, 0.3) is 5.69 Å². The fourth-order valence-corrected chi connectivity index (χ4v) is 4.33. The fraction of sp³-hybridized carbons (Fsp3) is 0.524. The molecule has 1 aromatic carbocycles. The van der Waals surface area contributed by atoms with Crippen LogP contribution in [0.1, 0.15) is 42.6 Å². The Morgan fingerprint density at radius 2 is 1.88 bits per heavy atom. The van der Waals surface area contributed by atoms with Gasteiger partial charge in [0.25, 0.3) is 0 Å². The molecule has 0 aliphatic carbocycles. The van der Waals surface area contributed by atoms with Gasteiger partial charge < -0.3 is 9.64 Å². The van der Waals surface area contributed by atoms with Gasteiger partial charge >= 0.3 is 0 Å². The molecule has 1 amide bonds. The van der Waals surface area contributed by atoms with Crippen molar-refractivity contribution in [2.24, 2.45) is 0 Å². The maximum absolute atomic E-state index is 12.9. The van der Waals surface area contributed by atoms with E-state index in [1.165, 1.54) is 0 Å². The SMILES string of the molecule is Cc1nn(-c2ccccc2)c(C)c1CC(=O)N1CCC2(CCCO2)CC1. The molecule has 2 aromatic rings. The zero-order chi connectivity index (χ0) is 18.1. The molecule has 0 N–H and O–H groups in total. The summed E-state index contributed by atoms with van der Waals surface area (Å²) in [6, 6.07) is 10.1. The van der Waals surface area contributed by atoms with E-state index in [0.29, 0.717) is 6.42 Å². The van der Waals surface area contributed by atoms with Crippen molar-refractivity contribution in [1.29, 1.82) is 0 Å². The Kier molecular flexibility index (Phi) is 4.57. The van der Waals surface area contributed by atoms with Crippen LogP contribution in [0.4, 0.5) is 0 Å². The first-order valence-corrected chi connectivity index (χ1v) is 9.60. The van der Waals surface area contributed by atoms with Gasteiger partial charge in [-0.3, -0.25) is 4.79 Å². The van der Waals surface area contributed by atoms with Crippen LogP contribution in [0.15, 0.2) is 30.3 Å². The lowest BCUT2D eigenvalue weighted by Gasteiger charge is -2.38. The van der Waals surface area contributed by atoms with Crippen molar-refractivity contribution in [3.05, 3.63) is 47.3 Å². The molecule has 4 rings (SSSR count). The van der Waals surface area contributed by atoms with E-state index < -0.39 is 0 Å². The number of carbonyl (C=O) groups excluding carboxylic acids is 1. The van der Waals surface area contributed by atoms with Gasteiger partial charge in [0.15, 0.2) is 0 Å². The summed E-state index contributed by atoms with van der Waals surface area (Å²) in [5.41, 5.74) is 4.13. The van der Waals surface area contributed by atoms with Crippen LogP contribution in [0.5, 0.6) is 0 Å². The topological polar surface area (TPSA) is 47.4 Å². The highest BCUT2D eigenvalue weighted by Crippen LogP contribution is 2.35. The lowest BCUT2D eigenvalue weighted by molar-refractivity contribution is -0.135. The maximum Gasteiger partial charge on any atom is 0.227 e. The second-order valence-electron chi connectivity index (χ2n) is 7.59. The zero-order valence-electron chi connectivity index (χ0n) is 15.7. The number of para-hydroxylation sites is 1. The van der Waals surface area contributed by atoms with Crippen LogP contribution in [0, 0.1) is 13.8 Å². The molecule has 26 heavy (non-hydrogen) atoms. The quantitative estimate of drug-likeness (QED) is 0.851. The van der Waals surface area contributed by atoms with E-state index in [4.69, 9.17) is 4.74 Å². The van der Waals surface area contributed by atoms with Gasteiger partial charge in [-0.2, -0.15) is 5.10 Å². The highest BCUT2D eigenvalue weighted by molar-refractivity contribution is 5.79. The van der Waals surface area contributed by atoms with Gasteiger partial charge in [-0.25, -0.2) is 4.68 Å². The van der Waals surface area contributed by atoms with Gasteiger partial charge in [0.05, 0.1) is 23.4 Å². The molecule has 5 heteroatoms. The Labute approximate surface area is 154 Å². The first-order chi connectivity index (χ1) is 12.6. The number of aryl methyl sites for hydroxylation is 1. The first-order valence-electron chi connectivity index (χ1n) is 9.60. The summed E-state index contributed by atoms with van der Waals surface area (Å²) < 4.78 is 7.91. The number of benzene rings is 1. The Balaban J connectivity index is 1.46. The van der Waals surface area contributed by atoms with Crippen LogP contribution >= 0.6 is 0 Å². The molecule has 0 bridgehead atoms. The first kappa shape index (κ1) is 17.3. The van der Waals surface area contributed by atoms with Crippen molar-refractivity contribution in [2.75, 3.05) is 19.7 Å². The molecule has 2 aliphatic heterocycles. The van der Waals surface area contributed by atoms with Gasteiger partial charge in [-0.15, -0.1) is 0 Å². The van der Waals surface area contributed by atoms with Crippen LogP contribution in [0.3, 0.4) is 0 Å². The number of likely N-dealkylation sites (tertiary alicyclic amines) is 1. The van der Waals surface area contributed by atoms with Crippen molar-refractivity contribution in [2.45, 2.75) is 51.6 Å². The molecular formula is C21H27N3O2. The molecule has 3 heterocycles. The number of carbonyl (C=O) groups is 1. The van der Waals surface area contributed by atoms with Crippen molar-refractivity contribution in [3.63, 3.8) is 0 Å². The summed E-state index contributed by atoms with van der Waals surface area (Å²) in [6.45, 7) is 6.54. The minimum Gasteiger partial charge on any atom is -0.375 e. The highest BCUT2D eigenvalue weighted by atomic mass is 16.5. The normalized spacial score (nSPS) is 19.2. The van der Waals surface area contributed by atoms with Crippen molar-refractivity contribution in [3.8, 4) is 5.69 Å². The van der Waals surface area contributed by atoms with E-state index >= 15 is 0 Å². The third-order valence-electron chi connectivity index (χ3n) is 5.98. The van der Waals surface area contributed by atoms with Gasteiger partial charge in [-0.05, 0) is 51.7 Å². The number of hydrogen-bond acceptors (Lipinski definition) is 3. The van der Waals surface area contributed by atoms with E-state index in [0.717, 1.165) is 68.0 Å². The summed E-state index contributed by atoms with van der Waals surface area (Å²) in [7, 11) is 0. The van der Waals surface area contributed by atoms with Crippen molar-refractivity contribution in [1.82, 2.24) is 14.7 Å². The maximum atomic E-state index is 12.9. The van der Waals surface area contributed by atoms with Gasteiger partial charge in [0.2, 0.25) is 5.91 Å². The van der Waals surface area contributed by atoms with Crippen molar-refractivity contribution < 1.29 is 9.53 Å². The monoisotopic (exact) mass is 353 g/mol. The van der Waals surface area contributed by atoms with E-state index in [9.17, 15) is 4.79 Å².